The Morgan fingerprint density at radius 2 is 1.65 bits per heavy atom. The first-order valence-electron chi connectivity index (χ1n) is 8.31. The third-order valence-electron chi connectivity index (χ3n) is 4.06. The van der Waals surface area contributed by atoms with Gasteiger partial charge in [-0.1, -0.05) is 24.3 Å². The monoisotopic (exact) mass is 358 g/mol. The number of amides is 1. The van der Waals surface area contributed by atoms with Crippen molar-refractivity contribution in [1.29, 1.82) is 0 Å². The molecule has 0 bridgehead atoms. The zero-order valence-corrected chi connectivity index (χ0v) is 16.0. The van der Waals surface area contributed by atoms with Gasteiger partial charge in [-0.05, 0) is 25.1 Å². The fraction of sp³-hybridized carbons (Fsp3) is 0.350. The lowest BCUT2D eigenvalue weighted by atomic mass is 10.1. The van der Waals surface area contributed by atoms with Gasteiger partial charge in [0.05, 0.1) is 27.9 Å². The SMILES string of the molecule is COc1cc(NC(=O)CN(C)Cc2ccccc2C)cc(OC)c1OC. The molecular formula is C20H26N2O4. The Labute approximate surface area is 154 Å². The number of benzene rings is 2. The molecule has 0 heterocycles. The number of carbonyl (C=O) groups is 1. The van der Waals surface area contributed by atoms with Gasteiger partial charge < -0.3 is 19.5 Å². The van der Waals surface area contributed by atoms with Crippen LogP contribution in [-0.4, -0.2) is 45.7 Å². The van der Waals surface area contributed by atoms with Crippen molar-refractivity contribution < 1.29 is 19.0 Å². The standard InChI is InChI=1S/C20H26N2O4/c1-14-8-6-7-9-15(14)12-22(2)13-19(23)21-16-10-17(24-3)20(26-5)18(11-16)25-4/h6-11H,12-13H2,1-5H3,(H,21,23). The average molecular weight is 358 g/mol. The molecule has 0 aliphatic carbocycles. The predicted octanol–water partition coefficient (Wildman–Crippen LogP) is 3.09. The van der Waals surface area contributed by atoms with E-state index in [0.29, 0.717) is 29.5 Å². The van der Waals surface area contributed by atoms with E-state index in [2.05, 4.69) is 24.4 Å². The quantitative estimate of drug-likeness (QED) is 0.786. The second kappa shape index (κ2) is 9.10. The average Bonchev–Trinajstić information content (AvgIpc) is 2.62. The molecule has 2 aromatic rings. The summed E-state index contributed by atoms with van der Waals surface area (Å²) in [7, 11) is 6.54. The summed E-state index contributed by atoms with van der Waals surface area (Å²) >= 11 is 0. The zero-order valence-electron chi connectivity index (χ0n) is 16.0. The van der Waals surface area contributed by atoms with Crippen molar-refractivity contribution in [3.05, 3.63) is 47.5 Å². The van der Waals surface area contributed by atoms with E-state index in [0.717, 1.165) is 0 Å². The minimum atomic E-state index is -0.115. The van der Waals surface area contributed by atoms with E-state index >= 15 is 0 Å². The van der Waals surface area contributed by atoms with E-state index in [1.165, 1.54) is 11.1 Å². The van der Waals surface area contributed by atoms with Crippen LogP contribution in [0, 0.1) is 6.92 Å². The number of carbonyl (C=O) groups excluding carboxylic acids is 1. The lowest BCUT2D eigenvalue weighted by Crippen LogP contribution is -2.30. The number of ether oxygens (including phenoxy) is 3. The van der Waals surface area contributed by atoms with Crippen molar-refractivity contribution in [3.8, 4) is 17.2 Å². The Kier molecular flexibility index (Phi) is 6.86. The van der Waals surface area contributed by atoms with E-state index in [1.54, 1.807) is 33.5 Å². The topological polar surface area (TPSA) is 60.0 Å². The molecule has 1 N–H and O–H groups in total. The van der Waals surface area contributed by atoms with Gasteiger partial charge in [0, 0.05) is 24.4 Å². The summed E-state index contributed by atoms with van der Waals surface area (Å²) in [4.78, 5) is 14.4. The Hall–Kier alpha value is -2.73. The number of likely N-dealkylation sites (N-methyl/N-ethyl adjacent to an activating group) is 1. The van der Waals surface area contributed by atoms with E-state index in [-0.39, 0.29) is 12.5 Å². The minimum absolute atomic E-state index is 0.115. The molecule has 2 rings (SSSR count). The fourth-order valence-corrected chi connectivity index (χ4v) is 2.73. The van der Waals surface area contributed by atoms with Crippen molar-refractivity contribution in [2.45, 2.75) is 13.5 Å². The molecule has 2 aromatic carbocycles. The molecule has 6 heteroatoms. The van der Waals surface area contributed by atoms with Gasteiger partial charge in [-0.3, -0.25) is 9.69 Å². The maximum absolute atomic E-state index is 12.4. The summed E-state index contributed by atoms with van der Waals surface area (Å²) in [5.41, 5.74) is 3.01. The maximum atomic E-state index is 12.4. The van der Waals surface area contributed by atoms with Crippen LogP contribution in [0.15, 0.2) is 36.4 Å². The molecule has 0 unspecified atom stereocenters. The highest BCUT2D eigenvalue weighted by Gasteiger charge is 2.15. The molecule has 26 heavy (non-hydrogen) atoms. The molecule has 0 radical (unpaired) electrons. The maximum Gasteiger partial charge on any atom is 0.238 e. The van der Waals surface area contributed by atoms with Crippen LogP contribution >= 0.6 is 0 Å². The number of aryl methyl sites for hydroxylation is 1. The molecule has 0 saturated heterocycles. The van der Waals surface area contributed by atoms with Crippen molar-refractivity contribution >= 4 is 11.6 Å². The summed E-state index contributed by atoms with van der Waals surface area (Å²) in [5.74, 6) is 1.37. The van der Waals surface area contributed by atoms with Gasteiger partial charge in [0.2, 0.25) is 11.7 Å². The van der Waals surface area contributed by atoms with E-state index in [4.69, 9.17) is 14.2 Å². The third kappa shape index (κ3) is 4.89. The Bertz CT molecular complexity index is 736. The number of nitrogens with zero attached hydrogens (tertiary/aromatic N) is 1. The van der Waals surface area contributed by atoms with Crippen LogP contribution in [-0.2, 0) is 11.3 Å². The molecule has 0 aromatic heterocycles. The van der Waals surface area contributed by atoms with Crippen molar-refractivity contribution in [1.82, 2.24) is 4.90 Å². The number of nitrogens with one attached hydrogen (secondary N) is 1. The third-order valence-corrected chi connectivity index (χ3v) is 4.06. The highest BCUT2D eigenvalue weighted by molar-refractivity contribution is 5.93. The van der Waals surface area contributed by atoms with Gasteiger partial charge >= 0.3 is 0 Å². The number of hydrogen-bond acceptors (Lipinski definition) is 5. The molecule has 6 nitrogen and oxygen atoms in total. The van der Waals surface area contributed by atoms with Gasteiger partial charge in [-0.25, -0.2) is 0 Å². The first kappa shape index (κ1) is 19.6. The van der Waals surface area contributed by atoms with E-state index < -0.39 is 0 Å². The molecular weight excluding hydrogens is 332 g/mol. The Morgan fingerprint density at radius 3 is 2.19 bits per heavy atom. The van der Waals surface area contributed by atoms with Crippen LogP contribution in [0.3, 0.4) is 0 Å². The fourth-order valence-electron chi connectivity index (χ4n) is 2.73. The van der Waals surface area contributed by atoms with E-state index in [1.807, 2.05) is 24.1 Å². The normalized spacial score (nSPS) is 10.5. The van der Waals surface area contributed by atoms with Crippen LogP contribution in [0.25, 0.3) is 0 Å². The van der Waals surface area contributed by atoms with Crippen molar-refractivity contribution in [3.63, 3.8) is 0 Å². The summed E-state index contributed by atoms with van der Waals surface area (Å²) in [6, 6.07) is 11.6. The summed E-state index contributed by atoms with van der Waals surface area (Å²) in [5, 5.41) is 2.88. The molecule has 140 valence electrons. The number of methoxy groups -OCH3 is 3. The molecule has 0 aliphatic heterocycles. The summed E-state index contributed by atoms with van der Waals surface area (Å²) in [6.45, 7) is 3.04. The lowest BCUT2D eigenvalue weighted by molar-refractivity contribution is -0.117. The Morgan fingerprint density at radius 1 is 1.04 bits per heavy atom. The number of hydrogen-bond donors (Lipinski definition) is 1. The van der Waals surface area contributed by atoms with Gasteiger partial charge in [0.15, 0.2) is 11.5 Å². The van der Waals surface area contributed by atoms with Gasteiger partial charge in [-0.2, -0.15) is 0 Å². The van der Waals surface area contributed by atoms with Crippen molar-refractivity contribution in [2.75, 3.05) is 40.2 Å². The van der Waals surface area contributed by atoms with Gasteiger partial charge in [0.1, 0.15) is 0 Å². The zero-order chi connectivity index (χ0) is 19.1. The lowest BCUT2D eigenvalue weighted by Gasteiger charge is -2.18. The molecule has 0 aliphatic rings. The molecule has 0 saturated carbocycles. The van der Waals surface area contributed by atoms with Crippen LogP contribution in [0.4, 0.5) is 5.69 Å². The van der Waals surface area contributed by atoms with E-state index in [9.17, 15) is 4.79 Å². The van der Waals surface area contributed by atoms with Gasteiger partial charge in [-0.15, -0.1) is 0 Å². The highest BCUT2D eigenvalue weighted by atomic mass is 16.5. The number of rotatable bonds is 8. The molecule has 1 amide bonds. The molecule has 0 spiro atoms. The highest BCUT2D eigenvalue weighted by Crippen LogP contribution is 2.39. The first-order valence-corrected chi connectivity index (χ1v) is 8.31. The second-order valence-electron chi connectivity index (χ2n) is 6.06. The van der Waals surface area contributed by atoms with Crippen LogP contribution in [0.5, 0.6) is 17.2 Å². The van der Waals surface area contributed by atoms with Crippen LogP contribution < -0.4 is 19.5 Å². The van der Waals surface area contributed by atoms with Gasteiger partial charge in [0.25, 0.3) is 0 Å². The molecule has 0 fully saturated rings. The first-order chi connectivity index (χ1) is 12.5. The van der Waals surface area contributed by atoms with Crippen LogP contribution in [0.2, 0.25) is 0 Å². The Balaban J connectivity index is 2.04. The van der Waals surface area contributed by atoms with Crippen LogP contribution in [0.1, 0.15) is 11.1 Å². The largest absolute Gasteiger partial charge is 0.493 e. The summed E-state index contributed by atoms with van der Waals surface area (Å²) in [6.07, 6.45) is 0. The number of anilines is 1. The molecule has 0 atom stereocenters. The predicted molar refractivity (Wildman–Crippen MR) is 102 cm³/mol. The smallest absolute Gasteiger partial charge is 0.238 e. The van der Waals surface area contributed by atoms with Crippen molar-refractivity contribution in [2.24, 2.45) is 0 Å². The minimum Gasteiger partial charge on any atom is -0.493 e. The second-order valence-corrected chi connectivity index (χ2v) is 6.06. The summed E-state index contributed by atoms with van der Waals surface area (Å²) < 4.78 is 15.9.